The van der Waals surface area contributed by atoms with Gasteiger partial charge < -0.3 is 29.7 Å². The largest absolute Gasteiger partial charge is 0.489 e. The highest BCUT2D eigenvalue weighted by atomic mass is 16.6. The Morgan fingerprint density at radius 2 is 1.82 bits per heavy atom. The molecule has 1 aliphatic rings. The fraction of sp³-hybridized carbons (Fsp3) is 0.379. The van der Waals surface area contributed by atoms with Gasteiger partial charge in [-0.1, -0.05) is 54.6 Å². The number of para-hydroxylation sites is 1. The summed E-state index contributed by atoms with van der Waals surface area (Å²) < 4.78 is 16.4. The third-order valence-electron chi connectivity index (χ3n) is 5.44. The average molecular weight is 552 g/mol. The van der Waals surface area contributed by atoms with Crippen molar-refractivity contribution in [3.63, 3.8) is 0 Å². The summed E-state index contributed by atoms with van der Waals surface area (Å²) in [5.74, 6) is 0.619. The van der Waals surface area contributed by atoms with Crippen molar-refractivity contribution in [3.05, 3.63) is 77.9 Å². The van der Waals surface area contributed by atoms with Crippen molar-refractivity contribution in [3.8, 4) is 5.75 Å². The first kappa shape index (κ1) is 30.0. The summed E-state index contributed by atoms with van der Waals surface area (Å²) in [5, 5.41) is 8.38. The molecule has 2 aromatic rings. The fourth-order valence-electron chi connectivity index (χ4n) is 3.56. The van der Waals surface area contributed by atoms with Gasteiger partial charge in [0, 0.05) is 31.7 Å². The molecule has 1 heterocycles. The molecule has 11 heteroatoms. The molecule has 0 atom stereocenters. The van der Waals surface area contributed by atoms with E-state index in [1.807, 2.05) is 66.7 Å². The Hall–Kier alpha value is -4.54. The molecular weight excluding hydrogens is 514 g/mol. The van der Waals surface area contributed by atoms with Crippen molar-refractivity contribution in [2.75, 3.05) is 26.2 Å². The van der Waals surface area contributed by atoms with E-state index in [1.54, 1.807) is 20.8 Å². The van der Waals surface area contributed by atoms with Crippen molar-refractivity contribution in [1.29, 1.82) is 0 Å². The number of guanidine groups is 1. The van der Waals surface area contributed by atoms with Crippen LogP contribution in [0.15, 0.2) is 71.7 Å². The lowest BCUT2D eigenvalue weighted by molar-refractivity contribution is 0.0603. The van der Waals surface area contributed by atoms with E-state index in [0.29, 0.717) is 31.9 Å². The van der Waals surface area contributed by atoms with Crippen LogP contribution in [0.3, 0.4) is 0 Å². The molecule has 214 valence electrons. The molecule has 2 aromatic carbocycles. The van der Waals surface area contributed by atoms with E-state index in [-0.39, 0.29) is 25.7 Å². The molecule has 1 aliphatic heterocycles. The van der Waals surface area contributed by atoms with Gasteiger partial charge in [0.25, 0.3) is 0 Å². The number of ether oxygens (including phenoxy) is 3. The maximum Gasteiger partial charge on any atom is 0.437 e. The van der Waals surface area contributed by atoms with Crippen LogP contribution in [-0.2, 0) is 22.6 Å². The van der Waals surface area contributed by atoms with Crippen LogP contribution >= 0.6 is 0 Å². The van der Waals surface area contributed by atoms with Gasteiger partial charge in [-0.15, -0.1) is 4.99 Å². The van der Waals surface area contributed by atoms with Gasteiger partial charge in [-0.25, -0.2) is 14.4 Å². The molecule has 4 amide bonds. The quantitative estimate of drug-likeness (QED) is 0.360. The van der Waals surface area contributed by atoms with Gasteiger partial charge in [-0.3, -0.25) is 5.32 Å². The highest BCUT2D eigenvalue weighted by molar-refractivity contribution is 6.00. The number of nitrogens with zero attached hydrogens (tertiary/aromatic N) is 2. The first-order valence-electron chi connectivity index (χ1n) is 13.1. The maximum absolute atomic E-state index is 13.2. The summed E-state index contributed by atoms with van der Waals surface area (Å²) in [4.78, 5) is 43.1. The van der Waals surface area contributed by atoms with Crippen LogP contribution in [0.2, 0.25) is 0 Å². The van der Waals surface area contributed by atoms with E-state index in [9.17, 15) is 14.4 Å². The zero-order valence-electron chi connectivity index (χ0n) is 23.1. The average Bonchev–Trinajstić information content (AvgIpc) is 2.92. The standard InChI is InChI=1S/C29H37N5O6/c1-29(2,3)40-28(37)33-25-31-20-23-14-7-8-15-24(23)38-19-10-9-17-34(26(35)32-25)18-11-16-30-27(36)39-21-22-12-5-4-6-13-22/h4-10,12-15H,11,16-21H2,1-3H3,(H,30,36)(H2,31,32,33,35,37). The molecule has 0 saturated heterocycles. The predicted molar refractivity (Wildman–Crippen MR) is 151 cm³/mol. The normalized spacial score (nSPS) is 15.2. The Bertz CT molecular complexity index is 1190. The molecule has 0 aliphatic carbocycles. The minimum atomic E-state index is -0.839. The summed E-state index contributed by atoms with van der Waals surface area (Å²) in [6.07, 6.45) is 2.74. The van der Waals surface area contributed by atoms with Crippen LogP contribution in [0.4, 0.5) is 14.4 Å². The van der Waals surface area contributed by atoms with Crippen LogP contribution < -0.4 is 20.7 Å². The second-order valence-electron chi connectivity index (χ2n) is 9.90. The minimum absolute atomic E-state index is 0.0510. The number of nitrogens with one attached hydrogen (secondary N) is 3. The van der Waals surface area contributed by atoms with E-state index in [0.717, 1.165) is 11.1 Å². The van der Waals surface area contributed by atoms with Gasteiger partial charge in [0.2, 0.25) is 5.96 Å². The maximum atomic E-state index is 13.2. The second kappa shape index (κ2) is 15.2. The van der Waals surface area contributed by atoms with Crippen molar-refractivity contribution in [2.24, 2.45) is 4.99 Å². The number of urea groups is 1. The van der Waals surface area contributed by atoms with E-state index in [2.05, 4.69) is 20.9 Å². The lowest BCUT2D eigenvalue weighted by Crippen LogP contribution is -2.48. The Morgan fingerprint density at radius 1 is 1.07 bits per heavy atom. The second-order valence-corrected chi connectivity index (χ2v) is 9.90. The van der Waals surface area contributed by atoms with Gasteiger partial charge in [0.15, 0.2) is 0 Å². The molecular formula is C29H37N5O6. The molecule has 0 unspecified atom stereocenters. The molecule has 0 radical (unpaired) electrons. The van der Waals surface area contributed by atoms with Crippen LogP contribution in [-0.4, -0.2) is 60.9 Å². The summed E-state index contributed by atoms with van der Waals surface area (Å²) in [6, 6.07) is 16.4. The Labute approximate surface area is 234 Å². The third kappa shape index (κ3) is 11.1. The predicted octanol–water partition coefficient (Wildman–Crippen LogP) is 4.34. The number of fused-ring (bicyclic) bond motifs is 1. The summed E-state index contributed by atoms with van der Waals surface area (Å²) in [6.45, 7) is 6.82. The van der Waals surface area contributed by atoms with Gasteiger partial charge in [0.1, 0.15) is 24.6 Å². The van der Waals surface area contributed by atoms with E-state index in [1.165, 1.54) is 4.90 Å². The molecule has 40 heavy (non-hydrogen) atoms. The molecule has 0 saturated carbocycles. The third-order valence-corrected chi connectivity index (χ3v) is 5.44. The minimum Gasteiger partial charge on any atom is -0.489 e. The zero-order valence-corrected chi connectivity index (χ0v) is 23.1. The van der Waals surface area contributed by atoms with Gasteiger partial charge in [0.05, 0.1) is 0 Å². The number of rotatable bonds is 6. The summed E-state index contributed by atoms with van der Waals surface area (Å²) in [5.41, 5.74) is 0.963. The van der Waals surface area contributed by atoms with Crippen LogP contribution in [0.1, 0.15) is 38.3 Å². The Balaban J connectivity index is 1.62. The first-order chi connectivity index (χ1) is 19.2. The van der Waals surface area contributed by atoms with Crippen LogP contribution in [0.25, 0.3) is 0 Å². The van der Waals surface area contributed by atoms with Crippen molar-refractivity contribution < 1.29 is 28.6 Å². The van der Waals surface area contributed by atoms with E-state index >= 15 is 0 Å². The molecule has 0 fully saturated rings. The lowest BCUT2D eigenvalue weighted by Gasteiger charge is -2.23. The van der Waals surface area contributed by atoms with Crippen molar-refractivity contribution >= 4 is 24.2 Å². The van der Waals surface area contributed by atoms with Crippen molar-refractivity contribution in [1.82, 2.24) is 20.9 Å². The van der Waals surface area contributed by atoms with E-state index < -0.39 is 23.8 Å². The molecule has 3 rings (SSSR count). The van der Waals surface area contributed by atoms with E-state index in [4.69, 9.17) is 14.2 Å². The number of alkyl carbamates (subject to hydrolysis) is 1. The number of hydrogen-bond acceptors (Lipinski definition) is 6. The Kier molecular flexibility index (Phi) is 11.4. The Morgan fingerprint density at radius 3 is 2.60 bits per heavy atom. The summed E-state index contributed by atoms with van der Waals surface area (Å²) in [7, 11) is 0. The lowest BCUT2D eigenvalue weighted by atomic mass is 10.2. The smallest absolute Gasteiger partial charge is 0.437 e. The summed E-state index contributed by atoms with van der Waals surface area (Å²) >= 11 is 0. The SMILES string of the molecule is CC(C)(C)OC(=O)/N=C1\NCc2ccccc2OCC=CCN(CCCNC(=O)OCc2ccccc2)C(=O)N1. The topological polar surface area (TPSA) is 131 Å². The number of carbonyl (C=O) groups is 3. The molecule has 0 spiro atoms. The molecule has 0 bridgehead atoms. The number of aliphatic imine (C=N–C) groups is 1. The highest BCUT2D eigenvalue weighted by Gasteiger charge is 2.20. The number of carbonyl (C=O) groups excluding carboxylic acids is 3. The molecule has 3 N–H and O–H groups in total. The van der Waals surface area contributed by atoms with Crippen molar-refractivity contribution in [2.45, 2.75) is 45.9 Å². The number of hydrogen-bond donors (Lipinski definition) is 3. The molecule has 11 nitrogen and oxygen atoms in total. The first-order valence-corrected chi connectivity index (χ1v) is 13.1. The van der Waals surface area contributed by atoms with Crippen LogP contribution in [0, 0.1) is 0 Å². The highest BCUT2D eigenvalue weighted by Crippen LogP contribution is 2.18. The number of amides is 4. The zero-order chi connectivity index (χ0) is 28.8. The number of benzene rings is 2. The molecule has 0 aromatic heterocycles. The van der Waals surface area contributed by atoms with Gasteiger partial charge in [-0.2, -0.15) is 0 Å². The van der Waals surface area contributed by atoms with Gasteiger partial charge in [-0.05, 0) is 44.9 Å². The van der Waals surface area contributed by atoms with Crippen LogP contribution in [0.5, 0.6) is 5.75 Å². The fourth-order valence-corrected chi connectivity index (χ4v) is 3.56. The van der Waals surface area contributed by atoms with Gasteiger partial charge >= 0.3 is 18.2 Å². The monoisotopic (exact) mass is 551 g/mol.